The highest BCUT2D eigenvalue weighted by atomic mass is 16.2. The summed E-state index contributed by atoms with van der Waals surface area (Å²) in [7, 11) is 0. The third-order valence-electron chi connectivity index (χ3n) is 3.94. The maximum Gasteiger partial charge on any atom is 0.197 e. The molecule has 2 N–H and O–H groups in total. The lowest BCUT2D eigenvalue weighted by Gasteiger charge is -2.35. The van der Waals surface area contributed by atoms with Crippen molar-refractivity contribution in [3.05, 3.63) is 0 Å². The lowest BCUT2D eigenvalue weighted by molar-refractivity contribution is -0.132. The first kappa shape index (κ1) is 16.7. The molecular formula is C14H24N2O2. The topological polar surface area (TPSA) is 81.8 Å². The zero-order valence-electron chi connectivity index (χ0n) is 11.9. The minimum absolute atomic E-state index is 0.103. The molecule has 0 radical (unpaired) electrons. The maximum absolute atomic E-state index is 11.3. The Morgan fingerprint density at radius 1 is 1.28 bits per heavy atom. The van der Waals surface area contributed by atoms with Crippen LogP contribution in [0.3, 0.4) is 0 Å². The molecular weight excluding hydrogens is 228 g/mol. The highest BCUT2D eigenvalue weighted by Gasteiger charge is 2.34. The van der Waals surface area contributed by atoms with E-state index in [0.717, 1.165) is 0 Å². The van der Waals surface area contributed by atoms with Crippen LogP contribution in [0.2, 0.25) is 0 Å². The predicted octanol–water partition coefficient (Wildman–Crippen LogP) is 2.75. The minimum atomic E-state index is -0.385. The Bertz CT molecular complexity index is 348. The lowest BCUT2D eigenvalue weighted by atomic mass is 9.69. The van der Waals surface area contributed by atoms with Crippen molar-refractivity contribution in [1.29, 1.82) is 10.8 Å². The van der Waals surface area contributed by atoms with Crippen LogP contribution in [0, 0.1) is 34.0 Å². The largest absolute Gasteiger partial charge is 0.312 e. The number of hydrogen-bond donors (Lipinski definition) is 2. The first-order valence-electron chi connectivity index (χ1n) is 6.27. The van der Waals surface area contributed by atoms with Crippen LogP contribution in [0.5, 0.6) is 0 Å². The molecule has 0 spiro atoms. The molecule has 0 amide bonds. The molecule has 102 valence electrons. The Kier molecular flexibility index (Phi) is 6.09. The molecule has 4 nitrogen and oxygen atoms in total. The first-order chi connectivity index (χ1) is 8.18. The Morgan fingerprint density at radius 3 is 2.17 bits per heavy atom. The van der Waals surface area contributed by atoms with Gasteiger partial charge in [-0.25, -0.2) is 0 Å². The van der Waals surface area contributed by atoms with E-state index in [1.807, 2.05) is 27.7 Å². The second kappa shape index (κ2) is 6.57. The van der Waals surface area contributed by atoms with Crippen molar-refractivity contribution in [1.82, 2.24) is 0 Å². The van der Waals surface area contributed by atoms with Crippen molar-refractivity contribution >= 4 is 24.0 Å². The average Bonchev–Trinajstić information content (AvgIpc) is 2.35. The highest BCUT2D eigenvalue weighted by Crippen LogP contribution is 2.34. The van der Waals surface area contributed by atoms with E-state index in [9.17, 15) is 9.59 Å². The van der Waals surface area contributed by atoms with E-state index >= 15 is 0 Å². The van der Waals surface area contributed by atoms with E-state index in [4.69, 9.17) is 10.8 Å². The van der Waals surface area contributed by atoms with Gasteiger partial charge in [0.2, 0.25) is 0 Å². The Hall–Kier alpha value is -1.32. The monoisotopic (exact) mass is 252 g/mol. The Balaban J connectivity index is 4.80. The van der Waals surface area contributed by atoms with Crippen molar-refractivity contribution < 1.29 is 9.59 Å². The molecule has 0 fully saturated rings. The fourth-order valence-corrected chi connectivity index (χ4v) is 1.99. The molecule has 3 atom stereocenters. The van der Waals surface area contributed by atoms with E-state index in [-0.39, 0.29) is 29.0 Å². The number of Topliss-reactive ketones (excluding diaryl/α,β-unsaturated/α-hetero) is 1. The van der Waals surface area contributed by atoms with Crippen LogP contribution in [0.25, 0.3) is 0 Å². The van der Waals surface area contributed by atoms with Gasteiger partial charge in [-0.15, -0.1) is 0 Å². The molecule has 0 saturated carbocycles. The molecule has 0 aliphatic carbocycles. The van der Waals surface area contributed by atoms with Crippen molar-refractivity contribution in [3.8, 4) is 0 Å². The molecule has 18 heavy (non-hydrogen) atoms. The lowest BCUT2D eigenvalue weighted by Crippen LogP contribution is -2.36. The van der Waals surface area contributed by atoms with Crippen molar-refractivity contribution in [3.63, 3.8) is 0 Å². The summed E-state index contributed by atoms with van der Waals surface area (Å²) in [6.45, 7) is 9.47. The fraction of sp³-hybridized carbons (Fsp3) is 0.714. The van der Waals surface area contributed by atoms with E-state index in [1.54, 1.807) is 6.92 Å². The molecule has 0 aromatic heterocycles. The number of aldehydes is 1. The van der Waals surface area contributed by atoms with Crippen LogP contribution in [-0.4, -0.2) is 24.0 Å². The van der Waals surface area contributed by atoms with Crippen LogP contribution in [-0.2, 0) is 9.59 Å². The van der Waals surface area contributed by atoms with Crippen molar-refractivity contribution in [2.75, 3.05) is 0 Å². The van der Waals surface area contributed by atoms with Gasteiger partial charge in [-0.2, -0.15) is 0 Å². The van der Waals surface area contributed by atoms with E-state index in [1.165, 1.54) is 6.21 Å². The maximum atomic E-state index is 11.3. The summed E-state index contributed by atoms with van der Waals surface area (Å²) in [5, 5.41) is 15.4. The minimum Gasteiger partial charge on any atom is -0.312 e. The zero-order valence-corrected chi connectivity index (χ0v) is 11.9. The molecule has 0 saturated heterocycles. The van der Waals surface area contributed by atoms with E-state index in [0.29, 0.717) is 18.4 Å². The molecule has 0 aromatic rings. The van der Waals surface area contributed by atoms with Gasteiger partial charge in [0.05, 0.1) is 0 Å². The fourth-order valence-electron chi connectivity index (χ4n) is 1.99. The summed E-state index contributed by atoms with van der Waals surface area (Å²) in [4.78, 5) is 21.7. The van der Waals surface area contributed by atoms with Crippen molar-refractivity contribution in [2.45, 2.75) is 41.0 Å². The van der Waals surface area contributed by atoms with Gasteiger partial charge in [-0.3, -0.25) is 9.59 Å². The third kappa shape index (κ3) is 3.86. The number of ketones is 1. The van der Waals surface area contributed by atoms with Crippen molar-refractivity contribution in [2.24, 2.45) is 23.2 Å². The van der Waals surface area contributed by atoms with Gasteiger partial charge >= 0.3 is 0 Å². The standard InChI is InChI=1S/C14H24N2O2/c1-9(12(18)8-17)6-11(3)14(4,5)13(16)10(2)7-15/h7-11,15-16H,6H2,1-5H3. The summed E-state index contributed by atoms with van der Waals surface area (Å²) in [5.74, 6) is -0.782. The zero-order chi connectivity index (χ0) is 14.5. The smallest absolute Gasteiger partial charge is 0.197 e. The number of hydrogen-bond acceptors (Lipinski definition) is 4. The summed E-state index contributed by atoms with van der Waals surface area (Å²) in [6.07, 6.45) is 2.21. The summed E-state index contributed by atoms with van der Waals surface area (Å²) in [6, 6.07) is 0. The number of carbonyl (C=O) groups is 2. The van der Waals surface area contributed by atoms with Crippen LogP contribution in [0.1, 0.15) is 41.0 Å². The summed E-state index contributed by atoms with van der Waals surface area (Å²) in [5.41, 5.74) is 0.116. The number of rotatable bonds is 8. The van der Waals surface area contributed by atoms with Gasteiger partial charge < -0.3 is 10.8 Å². The van der Waals surface area contributed by atoms with E-state index < -0.39 is 0 Å². The normalized spacial score (nSPS) is 16.5. The molecule has 0 heterocycles. The SMILES string of the molecule is CC(C=N)C(=N)C(C)(C)C(C)CC(C)C(=O)C=O. The van der Waals surface area contributed by atoms with Gasteiger partial charge in [-0.05, 0) is 12.3 Å². The quantitative estimate of drug-likeness (QED) is 0.395. The van der Waals surface area contributed by atoms with Gasteiger partial charge in [-0.1, -0.05) is 34.6 Å². The molecule has 0 aromatic carbocycles. The Labute approximate surface area is 109 Å². The predicted molar refractivity (Wildman–Crippen MR) is 73.5 cm³/mol. The average molecular weight is 252 g/mol. The van der Waals surface area contributed by atoms with Gasteiger partial charge in [0, 0.05) is 29.2 Å². The molecule has 0 aliphatic heterocycles. The van der Waals surface area contributed by atoms with E-state index in [2.05, 4.69) is 0 Å². The first-order valence-corrected chi connectivity index (χ1v) is 6.27. The second-order valence-electron chi connectivity index (χ2n) is 5.65. The van der Waals surface area contributed by atoms with Gasteiger partial charge in [0.1, 0.15) is 0 Å². The highest BCUT2D eigenvalue weighted by molar-refractivity contribution is 6.25. The van der Waals surface area contributed by atoms with Crippen LogP contribution in [0.15, 0.2) is 0 Å². The molecule has 0 rings (SSSR count). The third-order valence-corrected chi connectivity index (χ3v) is 3.94. The van der Waals surface area contributed by atoms with Gasteiger partial charge in [0.25, 0.3) is 0 Å². The second-order valence-corrected chi connectivity index (χ2v) is 5.65. The van der Waals surface area contributed by atoms with Crippen LogP contribution in [0.4, 0.5) is 0 Å². The summed E-state index contributed by atoms with van der Waals surface area (Å²) < 4.78 is 0. The molecule has 4 heteroatoms. The summed E-state index contributed by atoms with van der Waals surface area (Å²) >= 11 is 0. The molecule has 3 unspecified atom stereocenters. The van der Waals surface area contributed by atoms with Gasteiger partial charge in [0.15, 0.2) is 12.1 Å². The molecule has 0 bridgehead atoms. The molecule has 0 aliphatic rings. The number of carbonyl (C=O) groups excluding carboxylic acids is 2. The van der Waals surface area contributed by atoms with Crippen LogP contribution < -0.4 is 0 Å². The Morgan fingerprint density at radius 2 is 1.78 bits per heavy atom. The van der Waals surface area contributed by atoms with Crippen LogP contribution >= 0.6 is 0 Å². The number of nitrogens with one attached hydrogen (secondary N) is 2.